The number of hydrogen-bond donors (Lipinski definition) is 0. The summed E-state index contributed by atoms with van der Waals surface area (Å²) in [5, 5.41) is 0. The van der Waals surface area contributed by atoms with Gasteiger partial charge in [0.05, 0.1) is 6.54 Å². The predicted molar refractivity (Wildman–Crippen MR) is 87.1 cm³/mol. The highest BCUT2D eigenvalue weighted by atomic mass is 79.9. The van der Waals surface area contributed by atoms with E-state index in [9.17, 15) is 4.79 Å². The molecule has 0 aromatic heterocycles. The predicted octanol–water partition coefficient (Wildman–Crippen LogP) is 4.53. The van der Waals surface area contributed by atoms with Gasteiger partial charge in [0, 0.05) is 16.1 Å². The minimum atomic E-state index is 0.220. The molecule has 0 saturated heterocycles. The number of ketones is 1. The third kappa shape index (κ3) is 4.16. The molecule has 20 heavy (non-hydrogen) atoms. The van der Waals surface area contributed by atoms with Crippen LogP contribution in [0.5, 0.6) is 0 Å². The summed E-state index contributed by atoms with van der Waals surface area (Å²) in [5.74, 6) is 1.12. The highest BCUT2D eigenvalue weighted by Crippen LogP contribution is 2.29. The van der Waals surface area contributed by atoms with Gasteiger partial charge in [0.2, 0.25) is 0 Å². The standard InChI is InChI=1S/C17H24BrNO/c1-3-13-4-10-16(11-5-13)19(2)12-17(20)14-6-8-15(18)9-7-14/h6-9,13,16H,3-5,10-12H2,1-2H3. The smallest absolute Gasteiger partial charge is 0.176 e. The molecule has 3 heteroatoms. The van der Waals surface area contributed by atoms with Crippen molar-refractivity contribution in [1.82, 2.24) is 4.90 Å². The second kappa shape index (κ2) is 7.37. The lowest BCUT2D eigenvalue weighted by Gasteiger charge is -2.34. The van der Waals surface area contributed by atoms with Crippen LogP contribution in [0.2, 0.25) is 0 Å². The van der Waals surface area contributed by atoms with Crippen LogP contribution in [-0.2, 0) is 0 Å². The van der Waals surface area contributed by atoms with Gasteiger partial charge in [-0.3, -0.25) is 9.69 Å². The maximum atomic E-state index is 12.3. The monoisotopic (exact) mass is 337 g/mol. The van der Waals surface area contributed by atoms with E-state index in [0.717, 1.165) is 16.0 Å². The molecule has 0 unspecified atom stereocenters. The normalized spacial score (nSPS) is 23.0. The maximum Gasteiger partial charge on any atom is 0.176 e. The molecule has 0 bridgehead atoms. The molecule has 0 radical (unpaired) electrons. The van der Waals surface area contributed by atoms with Crippen molar-refractivity contribution >= 4 is 21.7 Å². The van der Waals surface area contributed by atoms with Crippen LogP contribution in [0.3, 0.4) is 0 Å². The van der Waals surface area contributed by atoms with Crippen molar-refractivity contribution in [2.45, 2.75) is 45.1 Å². The van der Waals surface area contributed by atoms with Crippen molar-refractivity contribution in [3.8, 4) is 0 Å². The first kappa shape index (κ1) is 15.7. The lowest BCUT2D eigenvalue weighted by molar-refractivity contribution is 0.0885. The fourth-order valence-corrected chi connectivity index (χ4v) is 3.34. The Balaban J connectivity index is 1.86. The van der Waals surface area contributed by atoms with Gasteiger partial charge in [-0.15, -0.1) is 0 Å². The largest absolute Gasteiger partial charge is 0.296 e. The lowest BCUT2D eigenvalue weighted by Crippen LogP contribution is -2.38. The van der Waals surface area contributed by atoms with E-state index >= 15 is 0 Å². The summed E-state index contributed by atoms with van der Waals surface area (Å²) < 4.78 is 1.01. The van der Waals surface area contributed by atoms with E-state index in [2.05, 4.69) is 34.8 Å². The van der Waals surface area contributed by atoms with Crippen molar-refractivity contribution in [1.29, 1.82) is 0 Å². The van der Waals surface area contributed by atoms with Gasteiger partial charge in [-0.2, -0.15) is 0 Å². The highest BCUT2D eigenvalue weighted by molar-refractivity contribution is 9.10. The van der Waals surface area contributed by atoms with Gasteiger partial charge in [0.25, 0.3) is 0 Å². The number of benzene rings is 1. The minimum Gasteiger partial charge on any atom is -0.296 e. The minimum absolute atomic E-state index is 0.220. The number of Topliss-reactive ketones (excluding diaryl/α,β-unsaturated/α-hetero) is 1. The number of nitrogens with zero attached hydrogens (tertiary/aromatic N) is 1. The van der Waals surface area contributed by atoms with E-state index in [1.807, 2.05) is 24.3 Å². The Kier molecular flexibility index (Phi) is 5.79. The molecule has 110 valence electrons. The Morgan fingerprint density at radius 3 is 2.35 bits per heavy atom. The van der Waals surface area contributed by atoms with Gasteiger partial charge >= 0.3 is 0 Å². The van der Waals surface area contributed by atoms with Crippen molar-refractivity contribution in [2.24, 2.45) is 5.92 Å². The number of rotatable bonds is 5. The first-order valence-corrected chi connectivity index (χ1v) is 8.38. The second-order valence-electron chi connectivity index (χ2n) is 5.93. The molecule has 1 aromatic carbocycles. The maximum absolute atomic E-state index is 12.3. The van der Waals surface area contributed by atoms with E-state index in [-0.39, 0.29) is 5.78 Å². The molecule has 0 heterocycles. The number of carbonyl (C=O) groups is 1. The Morgan fingerprint density at radius 1 is 1.20 bits per heavy atom. The summed E-state index contributed by atoms with van der Waals surface area (Å²) in [7, 11) is 2.09. The molecule has 0 atom stereocenters. The number of carbonyl (C=O) groups excluding carboxylic acids is 1. The average molecular weight is 338 g/mol. The highest BCUT2D eigenvalue weighted by Gasteiger charge is 2.24. The number of hydrogen-bond acceptors (Lipinski definition) is 2. The SMILES string of the molecule is CCC1CCC(N(C)CC(=O)c2ccc(Br)cc2)CC1. The summed E-state index contributed by atoms with van der Waals surface area (Å²) >= 11 is 3.40. The first-order valence-electron chi connectivity index (χ1n) is 7.59. The van der Waals surface area contributed by atoms with Crippen molar-refractivity contribution in [3.05, 3.63) is 34.3 Å². The van der Waals surface area contributed by atoms with Crippen LogP contribution in [0.4, 0.5) is 0 Å². The molecule has 2 nitrogen and oxygen atoms in total. The van der Waals surface area contributed by atoms with Crippen LogP contribution in [0.1, 0.15) is 49.4 Å². The Hall–Kier alpha value is -0.670. The summed E-state index contributed by atoms with van der Waals surface area (Å²) in [6.45, 7) is 2.81. The van der Waals surface area contributed by atoms with Crippen LogP contribution in [0.15, 0.2) is 28.7 Å². The van der Waals surface area contributed by atoms with Crippen LogP contribution in [-0.4, -0.2) is 30.3 Å². The Morgan fingerprint density at radius 2 is 1.80 bits per heavy atom. The van der Waals surface area contributed by atoms with Crippen molar-refractivity contribution < 1.29 is 4.79 Å². The van der Waals surface area contributed by atoms with E-state index in [4.69, 9.17) is 0 Å². The molecule has 0 spiro atoms. The second-order valence-corrected chi connectivity index (χ2v) is 6.84. The molecule has 0 amide bonds. The Bertz CT molecular complexity index is 435. The van der Waals surface area contributed by atoms with E-state index < -0.39 is 0 Å². The summed E-state index contributed by atoms with van der Waals surface area (Å²) in [5.41, 5.74) is 0.808. The van der Waals surface area contributed by atoms with Gasteiger partial charge in [0.1, 0.15) is 0 Å². The number of halogens is 1. The molecule has 1 fully saturated rings. The zero-order valence-electron chi connectivity index (χ0n) is 12.4. The molecule has 0 aliphatic heterocycles. The van der Waals surface area contributed by atoms with Crippen molar-refractivity contribution in [2.75, 3.05) is 13.6 Å². The van der Waals surface area contributed by atoms with Crippen LogP contribution in [0.25, 0.3) is 0 Å². The molecule has 1 aliphatic carbocycles. The van der Waals surface area contributed by atoms with E-state index in [1.54, 1.807) is 0 Å². The van der Waals surface area contributed by atoms with E-state index in [0.29, 0.717) is 12.6 Å². The van der Waals surface area contributed by atoms with Crippen molar-refractivity contribution in [3.63, 3.8) is 0 Å². The van der Waals surface area contributed by atoms with Gasteiger partial charge in [-0.1, -0.05) is 41.4 Å². The number of likely N-dealkylation sites (N-methyl/N-ethyl adjacent to an activating group) is 1. The zero-order valence-corrected chi connectivity index (χ0v) is 14.0. The third-order valence-corrected chi connectivity index (χ3v) is 5.10. The fourth-order valence-electron chi connectivity index (χ4n) is 3.08. The van der Waals surface area contributed by atoms with Crippen LogP contribution >= 0.6 is 15.9 Å². The van der Waals surface area contributed by atoms with E-state index in [1.165, 1.54) is 32.1 Å². The molecule has 1 aromatic rings. The third-order valence-electron chi connectivity index (χ3n) is 4.58. The quantitative estimate of drug-likeness (QED) is 0.735. The van der Waals surface area contributed by atoms with Crippen LogP contribution < -0.4 is 0 Å². The molecule has 1 aliphatic rings. The summed E-state index contributed by atoms with van der Waals surface area (Å²) in [4.78, 5) is 14.5. The van der Waals surface area contributed by atoms with Gasteiger partial charge < -0.3 is 0 Å². The average Bonchev–Trinajstić information content (AvgIpc) is 2.48. The Labute approximate surface area is 130 Å². The van der Waals surface area contributed by atoms with Gasteiger partial charge in [0.15, 0.2) is 5.78 Å². The first-order chi connectivity index (χ1) is 9.60. The molecule has 1 saturated carbocycles. The molecular formula is C17H24BrNO. The fraction of sp³-hybridized carbons (Fsp3) is 0.588. The zero-order chi connectivity index (χ0) is 14.5. The molecule has 2 rings (SSSR count). The molecule has 0 N–H and O–H groups in total. The lowest BCUT2D eigenvalue weighted by atomic mass is 9.84. The topological polar surface area (TPSA) is 20.3 Å². The van der Waals surface area contributed by atoms with Crippen LogP contribution in [0, 0.1) is 5.92 Å². The summed E-state index contributed by atoms with van der Waals surface area (Å²) in [6, 6.07) is 8.24. The molecular weight excluding hydrogens is 314 g/mol. The van der Waals surface area contributed by atoms with Gasteiger partial charge in [-0.05, 0) is 50.8 Å². The summed E-state index contributed by atoms with van der Waals surface area (Å²) in [6.07, 6.45) is 6.41. The van der Waals surface area contributed by atoms with Gasteiger partial charge in [-0.25, -0.2) is 0 Å².